The highest BCUT2D eigenvalue weighted by atomic mass is 16.7. The van der Waals surface area contributed by atoms with Crippen LogP contribution < -0.4 is 20.5 Å². The van der Waals surface area contributed by atoms with E-state index in [0.29, 0.717) is 12.1 Å². The summed E-state index contributed by atoms with van der Waals surface area (Å²) in [6.07, 6.45) is 1.83. The van der Waals surface area contributed by atoms with Gasteiger partial charge in [0.25, 0.3) is 5.91 Å². The lowest BCUT2D eigenvalue weighted by Crippen LogP contribution is -2.32. The zero-order chi connectivity index (χ0) is 23.2. The van der Waals surface area contributed by atoms with E-state index in [9.17, 15) is 9.59 Å². The van der Waals surface area contributed by atoms with Crippen molar-refractivity contribution in [3.8, 4) is 22.6 Å². The number of fused-ring (bicyclic) bond motifs is 1. The van der Waals surface area contributed by atoms with E-state index in [1.165, 1.54) is 5.56 Å². The molecule has 0 aromatic heterocycles. The van der Waals surface area contributed by atoms with Gasteiger partial charge in [-0.1, -0.05) is 42.5 Å². The summed E-state index contributed by atoms with van der Waals surface area (Å²) >= 11 is 0. The molecule has 0 unspecified atom stereocenters. The molecule has 4 rings (SSSR count). The summed E-state index contributed by atoms with van der Waals surface area (Å²) in [6, 6.07) is 20.1. The van der Waals surface area contributed by atoms with Gasteiger partial charge in [0.2, 0.25) is 6.79 Å². The van der Waals surface area contributed by atoms with E-state index in [-0.39, 0.29) is 19.1 Å². The Balaban J connectivity index is 1.31. The largest absolute Gasteiger partial charge is 0.480 e. The zero-order valence-electron chi connectivity index (χ0n) is 18.1. The normalized spacial score (nSPS) is 12.9. The predicted octanol–water partition coefficient (Wildman–Crippen LogP) is 3.40. The topological polar surface area (TPSA) is 111 Å². The number of nitrogens with two attached hydrogens (primary N) is 1. The third-order valence-corrected chi connectivity index (χ3v) is 5.60. The molecule has 7 nitrogen and oxygen atoms in total. The van der Waals surface area contributed by atoms with Crippen LogP contribution in [0.4, 0.5) is 0 Å². The Labute approximate surface area is 192 Å². The maximum Gasteiger partial charge on any atom is 0.320 e. The van der Waals surface area contributed by atoms with Gasteiger partial charge >= 0.3 is 5.97 Å². The molecule has 1 atom stereocenters. The third kappa shape index (κ3) is 5.51. The maximum atomic E-state index is 12.4. The fraction of sp³-hybridized carbons (Fsp3) is 0.231. The predicted molar refractivity (Wildman–Crippen MR) is 124 cm³/mol. The molecule has 170 valence electrons. The van der Waals surface area contributed by atoms with Crippen LogP contribution in [-0.4, -0.2) is 36.4 Å². The van der Waals surface area contributed by atoms with Gasteiger partial charge in [0.15, 0.2) is 11.5 Å². The van der Waals surface area contributed by atoms with Crippen molar-refractivity contribution < 1.29 is 24.2 Å². The quantitative estimate of drug-likeness (QED) is 0.435. The fourth-order valence-corrected chi connectivity index (χ4v) is 3.80. The first kappa shape index (κ1) is 22.4. The number of carbonyl (C=O) groups is 2. The van der Waals surface area contributed by atoms with Crippen molar-refractivity contribution in [3.05, 3.63) is 83.4 Å². The molecular formula is C26H26N2O5. The van der Waals surface area contributed by atoms with E-state index in [4.69, 9.17) is 20.3 Å². The van der Waals surface area contributed by atoms with Gasteiger partial charge in [0, 0.05) is 12.1 Å². The van der Waals surface area contributed by atoms with Crippen molar-refractivity contribution >= 4 is 11.9 Å². The molecule has 0 fully saturated rings. The molecule has 3 aromatic rings. The van der Waals surface area contributed by atoms with Crippen LogP contribution in [0.15, 0.2) is 66.7 Å². The van der Waals surface area contributed by atoms with Crippen LogP contribution in [0.25, 0.3) is 11.1 Å². The van der Waals surface area contributed by atoms with Crippen molar-refractivity contribution in [3.63, 3.8) is 0 Å². The number of nitrogens with one attached hydrogen (secondary N) is 1. The van der Waals surface area contributed by atoms with E-state index in [1.54, 1.807) is 24.3 Å². The highest BCUT2D eigenvalue weighted by Gasteiger charge is 2.15. The molecule has 0 spiro atoms. The van der Waals surface area contributed by atoms with E-state index < -0.39 is 12.0 Å². The van der Waals surface area contributed by atoms with Crippen molar-refractivity contribution in [2.45, 2.75) is 25.3 Å². The molecule has 33 heavy (non-hydrogen) atoms. The monoisotopic (exact) mass is 446 g/mol. The van der Waals surface area contributed by atoms with E-state index in [2.05, 4.69) is 17.4 Å². The summed E-state index contributed by atoms with van der Waals surface area (Å²) in [5, 5.41) is 11.9. The minimum atomic E-state index is -1.04. The summed E-state index contributed by atoms with van der Waals surface area (Å²) in [6.45, 7) is 0.790. The van der Waals surface area contributed by atoms with Crippen LogP contribution in [-0.2, 0) is 17.6 Å². The number of carboxylic acid groups (broad SMARTS) is 1. The molecule has 3 aromatic carbocycles. The molecule has 1 amide bonds. The molecular weight excluding hydrogens is 420 g/mol. The Morgan fingerprint density at radius 3 is 2.55 bits per heavy atom. The third-order valence-electron chi connectivity index (χ3n) is 5.60. The number of amides is 1. The maximum absolute atomic E-state index is 12.4. The molecule has 7 heteroatoms. The SMILES string of the molecule is N[C@@H](Cc1ccc(C(=O)NCCCc2ccccc2-c2ccc3c(c2)OCO3)cc1)C(=O)O. The Hall–Kier alpha value is -3.84. The molecule has 0 radical (unpaired) electrons. The van der Waals surface area contributed by atoms with Crippen molar-refractivity contribution in [1.29, 1.82) is 0 Å². The summed E-state index contributed by atoms with van der Waals surface area (Å²) in [4.78, 5) is 23.3. The molecule has 0 saturated heterocycles. The summed E-state index contributed by atoms with van der Waals surface area (Å²) in [5.41, 5.74) is 10.3. The molecule has 1 aliphatic heterocycles. The van der Waals surface area contributed by atoms with Crippen LogP contribution in [0.2, 0.25) is 0 Å². The number of carboxylic acids is 1. The average Bonchev–Trinajstić information content (AvgIpc) is 3.30. The van der Waals surface area contributed by atoms with Crippen LogP contribution in [0, 0.1) is 0 Å². The Kier molecular flexibility index (Phi) is 6.90. The first-order valence-corrected chi connectivity index (χ1v) is 10.8. The highest BCUT2D eigenvalue weighted by molar-refractivity contribution is 5.94. The molecule has 1 heterocycles. The first-order chi connectivity index (χ1) is 16.0. The lowest BCUT2D eigenvalue weighted by molar-refractivity contribution is -0.138. The second-order valence-corrected chi connectivity index (χ2v) is 7.93. The summed E-state index contributed by atoms with van der Waals surface area (Å²) in [5.74, 6) is 0.312. The van der Waals surface area contributed by atoms with E-state index >= 15 is 0 Å². The van der Waals surface area contributed by atoms with Gasteiger partial charge < -0.3 is 25.6 Å². The second-order valence-electron chi connectivity index (χ2n) is 7.93. The standard InChI is InChI=1S/C26H26N2O5/c27-22(26(30)31)14-17-7-9-19(10-8-17)25(29)28-13-3-5-18-4-1-2-6-21(18)20-11-12-23-24(15-20)33-16-32-23/h1-2,4,6-12,15,22H,3,5,13-14,16,27H2,(H,28,29)(H,30,31)/t22-/m0/s1. The van der Waals surface area contributed by atoms with Crippen molar-refractivity contribution in [2.75, 3.05) is 13.3 Å². The molecule has 4 N–H and O–H groups in total. The molecule has 0 aliphatic carbocycles. The van der Waals surface area contributed by atoms with Gasteiger partial charge in [-0.15, -0.1) is 0 Å². The van der Waals surface area contributed by atoms with Crippen molar-refractivity contribution in [1.82, 2.24) is 5.32 Å². The number of hydrogen-bond donors (Lipinski definition) is 3. The highest BCUT2D eigenvalue weighted by Crippen LogP contribution is 2.36. The molecule has 1 aliphatic rings. The number of benzene rings is 3. The first-order valence-electron chi connectivity index (χ1n) is 10.8. The zero-order valence-corrected chi connectivity index (χ0v) is 18.1. The minimum absolute atomic E-state index is 0.159. The van der Waals surface area contributed by atoms with Gasteiger partial charge in [0.05, 0.1) is 0 Å². The number of aliphatic carboxylic acids is 1. The molecule has 0 saturated carbocycles. The van der Waals surface area contributed by atoms with Gasteiger partial charge in [-0.3, -0.25) is 9.59 Å². The lowest BCUT2D eigenvalue weighted by atomic mass is 9.96. The second kappa shape index (κ2) is 10.2. The Morgan fingerprint density at radius 2 is 1.76 bits per heavy atom. The van der Waals surface area contributed by atoms with Gasteiger partial charge in [0.1, 0.15) is 6.04 Å². The van der Waals surface area contributed by atoms with Gasteiger partial charge in [-0.25, -0.2) is 0 Å². The minimum Gasteiger partial charge on any atom is -0.480 e. The lowest BCUT2D eigenvalue weighted by Gasteiger charge is -2.11. The van der Waals surface area contributed by atoms with Gasteiger partial charge in [-0.2, -0.15) is 0 Å². The summed E-state index contributed by atoms with van der Waals surface area (Å²) in [7, 11) is 0. The number of ether oxygens (including phenoxy) is 2. The van der Waals surface area contributed by atoms with Crippen molar-refractivity contribution in [2.24, 2.45) is 5.73 Å². The van der Waals surface area contributed by atoms with E-state index in [0.717, 1.165) is 41.0 Å². The molecule has 0 bridgehead atoms. The van der Waals surface area contributed by atoms with Gasteiger partial charge in [-0.05, 0) is 65.8 Å². The number of aryl methyl sites for hydroxylation is 1. The smallest absolute Gasteiger partial charge is 0.320 e. The van der Waals surface area contributed by atoms with Crippen LogP contribution in [0.5, 0.6) is 11.5 Å². The van der Waals surface area contributed by atoms with Crippen LogP contribution >= 0.6 is 0 Å². The van der Waals surface area contributed by atoms with E-state index in [1.807, 2.05) is 30.3 Å². The fourth-order valence-electron chi connectivity index (χ4n) is 3.80. The Morgan fingerprint density at radius 1 is 1.00 bits per heavy atom. The Bertz CT molecular complexity index is 1140. The van der Waals surface area contributed by atoms with Crippen LogP contribution in [0.1, 0.15) is 27.9 Å². The van der Waals surface area contributed by atoms with Crippen LogP contribution in [0.3, 0.4) is 0 Å². The summed E-state index contributed by atoms with van der Waals surface area (Å²) < 4.78 is 10.9. The number of rotatable bonds is 9. The number of carbonyl (C=O) groups excluding carboxylic acids is 1. The average molecular weight is 447 g/mol. The number of hydrogen-bond acceptors (Lipinski definition) is 5.